The molecule has 6 nitrogen and oxygen atoms in total. The first-order valence-electron chi connectivity index (χ1n) is 7.63. The second-order valence-electron chi connectivity index (χ2n) is 5.69. The van der Waals surface area contributed by atoms with Gasteiger partial charge in [-0.2, -0.15) is 10.2 Å². The van der Waals surface area contributed by atoms with Crippen molar-refractivity contribution in [2.75, 3.05) is 0 Å². The summed E-state index contributed by atoms with van der Waals surface area (Å²) in [4.78, 5) is 0. The van der Waals surface area contributed by atoms with Gasteiger partial charge in [0.15, 0.2) is 5.75 Å². The summed E-state index contributed by atoms with van der Waals surface area (Å²) in [6.07, 6.45) is 7.31. The lowest BCUT2D eigenvalue weighted by molar-refractivity contribution is 0.422. The minimum Gasteiger partial charge on any atom is -0.436 e. The maximum absolute atomic E-state index is 6.02. The lowest BCUT2D eigenvalue weighted by Crippen LogP contribution is -2.16. The fraction of sp³-hybridized carbons (Fsp3) is 0.600. The summed E-state index contributed by atoms with van der Waals surface area (Å²) in [6.45, 7) is 5.87. The Hall–Kier alpha value is -1.82. The molecule has 0 aromatic carbocycles. The predicted molar refractivity (Wildman–Crippen MR) is 80.4 cm³/mol. The number of hydrogen-bond acceptors (Lipinski definition) is 4. The van der Waals surface area contributed by atoms with Gasteiger partial charge in [0.1, 0.15) is 0 Å². The third-order valence-corrected chi connectivity index (χ3v) is 3.71. The van der Waals surface area contributed by atoms with Crippen LogP contribution in [-0.2, 0) is 20.1 Å². The van der Waals surface area contributed by atoms with Crippen LogP contribution < -0.4 is 10.1 Å². The van der Waals surface area contributed by atoms with E-state index in [0.29, 0.717) is 6.04 Å². The fourth-order valence-electron chi connectivity index (χ4n) is 2.41. The number of nitrogens with one attached hydrogen (secondary N) is 1. The molecule has 0 spiro atoms. The zero-order valence-corrected chi connectivity index (χ0v) is 13.0. The highest BCUT2D eigenvalue weighted by molar-refractivity contribution is 5.34. The van der Waals surface area contributed by atoms with Gasteiger partial charge < -0.3 is 10.1 Å². The van der Waals surface area contributed by atoms with E-state index in [1.54, 1.807) is 10.9 Å². The molecular formula is C15H23N5O. The van der Waals surface area contributed by atoms with Gasteiger partial charge in [0, 0.05) is 26.2 Å². The SMILES string of the molecule is CCCn1cc(Oc2c(CNC3CC3)c(C)nn2C)cn1. The van der Waals surface area contributed by atoms with Gasteiger partial charge in [-0.05, 0) is 26.2 Å². The first-order chi connectivity index (χ1) is 10.2. The van der Waals surface area contributed by atoms with Crippen molar-refractivity contribution in [3.05, 3.63) is 23.7 Å². The van der Waals surface area contributed by atoms with Gasteiger partial charge in [0.25, 0.3) is 0 Å². The van der Waals surface area contributed by atoms with E-state index in [0.717, 1.165) is 42.4 Å². The number of ether oxygens (including phenoxy) is 1. The molecule has 2 aromatic rings. The van der Waals surface area contributed by atoms with Crippen molar-refractivity contribution < 1.29 is 4.74 Å². The highest BCUT2D eigenvalue weighted by Gasteiger charge is 2.23. The van der Waals surface area contributed by atoms with Gasteiger partial charge in [-0.1, -0.05) is 6.92 Å². The molecule has 0 unspecified atom stereocenters. The van der Waals surface area contributed by atoms with E-state index in [-0.39, 0.29) is 0 Å². The second-order valence-corrected chi connectivity index (χ2v) is 5.69. The molecule has 0 aliphatic heterocycles. The molecule has 2 heterocycles. The zero-order valence-electron chi connectivity index (χ0n) is 13.0. The summed E-state index contributed by atoms with van der Waals surface area (Å²) >= 11 is 0. The van der Waals surface area contributed by atoms with Crippen LogP contribution in [0.3, 0.4) is 0 Å². The molecule has 0 atom stereocenters. The molecule has 0 saturated heterocycles. The summed E-state index contributed by atoms with van der Waals surface area (Å²) in [7, 11) is 1.92. The smallest absolute Gasteiger partial charge is 0.222 e. The van der Waals surface area contributed by atoms with E-state index in [1.807, 2.05) is 24.9 Å². The first-order valence-corrected chi connectivity index (χ1v) is 7.63. The average Bonchev–Trinajstić information content (AvgIpc) is 3.11. The normalized spacial score (nSPS) is 14.6. The summed E-state index contributed by atoms with van der Waals surface area (Å²) in [6, 6.07) is 0.671. The number of nitrogens with zero attached hydrogens (tertiary/aromatic N) is 4. The molecule has 0 radical (unpaired) electrons. The van der Waals surface area contributed by atoms with Crippen LogP contribution in [-0.4, -0.2) is 25.6 Å². The largest absolute Gasteiger partial charge is 0.436 e. The van der Waals surface area contributed by atoms with Crippen LogP contribution in [0.1, 0.15) is 37.4 Å². The molecule has 21 heavy (non-hydrogen) atoms. The first kappa shape index (κ1) is 14.1. The molecule has 1 aliphatic carbocycles. The maximum atomic E-state index is 6.02. The van der Waals surface area contributed by atoms with Crippen molar-refractivity contribution in [1.29, 1.82) is 0 Å². The maximum Gasteiger partial charge on any atom is 0.222 e. The Morgan fingerprint density at radius 1 is 1.43 bits per heavy atom. The molecule has 114 valence electrons. The molecule has 1 aliphatic rings. The summed E-state index contributed by atoms with van der Waals surface area (Å²) < 4.78 is 9.72. The Bertz CT molecular complexity index is 612. The van der Waals surface area contributed by atoms with E-state index < -0.39 is 0 Å². The van der Waals surface area contributed by atoms with Gasteiger partial charge in [-0.3, -0.25) is 4.68 Å². The van der Waals surface area contributed by atoms with Crippen molar-refractivity contribution in [2.45, 2.75) is 52.2 Å². The van der Waals surface area contributed by atoms with E-state index >= 15 is 0 Å². The monoisotopic (exact) mass is 289 g/mol. The van der Waals surface area contributed by atoms with Gasteiger partial charge in [-0.15, -0.1) is 0 Å². The number of aromatic nitrogens is 4. The molecule has 3 rings (SSSR count). The second kappa shape index (κ2) is 5.89. The standard InChI is InChI=1S/C15H23N5O/c1-4-7-20-10-13(8-17-20)21-15-14(9-16-12-5-6-12)11(2)18-19(15)3/h8,10,12,16H,4-7,9H2,1-3H3. The van der Waals surface area contributed by atoms with Crippen molar-refractivity contribution >= 4 is 0 Å². The minimum absolute atomic E-state index is 0.671. The Morgan fingerprint density at radius 3 is 2.95 bits per heavy atom. The van der Waals surface area contributed by atoms with E-state index in [4.69, 9.17) is 4.74 Å². The van der Waals surface area contributed by atoms with Crippen LogP contribution >= 0.6 is 0 Å². The molecule has 0 amide bonds. The van der Waals surface area contributed by atoms with E-state index in [2.05, 4.69) is 22.4 Å². The van der Waals surface area contributed by atoms with Gasteiger partial charge >= 0.3 is 0 Å². The molecule has 0 bridgehead atoms. The number of hydrogen-bond donors (Lipinski definition) is 1. The van der Waals surface area contributed by atoms with Crippen LogP contribution in [0.25, 0.3) is 0 Å². The average molecular weight is 289 g/mol. The molecule has 1 N–H and O–H groups in total. The molecule has 1 saturated carbocycles. The van der Waals surface area contributed by atoms with Gasteiger partial charge in [0.05, 0.1) is 23.7 Å². The van der Waals surface area contributed by atoms with Crippen LogP contribution in [0.5, 0.6) is 11.6 Å². The fourth-order valence-corrected chi connectivity index (χ4v) is 2.41. The van der Waals surface area contributed by atoms with E-state index in [9.17, 15) is 0 Å². The van der Waals surface area contributed by atoms with Crippen molar-refractivity contribution in [1.82, 2.24) is 24.9 Å². The summed E-state index contributed by atoms with van der Waals surface area (Å²) in [5, 5.41) is 12.3. The third kappa shape index (κ3) is 3.26. The highest BCUT2D eigenvalue weighted by atomic mass is 16.5. The van der Waals surface area contributed by atoms with Crippen molar-refractivity contribution in [2.24, 2.45) is 7.05 Å². The minimum atomic E-state index is 0.671. The number of aryl methyl sites for hydroxylation is 3. The van der Waals surface area contributed by atoms with Crippen LogP contribution in [0.15, 0.2) is 12.4 Å². The number of rotatable bonds is 7. The Kier molecular flexibility index (Phi) is 3.96. The van der Waals surface area contributed by atoms with Crippen LogP contribution in [0.4, 0.5) is 0 Å². The highest BCUT2D eigenvalue weighted by Crippen LogP contribution is 2.28. The summed E-state index contributed by atoms with van der Waals surface area (Å²) in [5.74, 6) is 1.57. The molecular weight excluding hydrogens is 266 g/mol. The molecule has 6 heteroatoms. The van der Waals surface area contributed by atoms with E-state index in [1.165, 1.54) is 12.8 Å². The molecule has 1 fully saturated rings. The lowest BCUT2D eigenvalue weighted by atomic mass is 10.2. The van der Waals surface area contributed by atoms with Crippen LogP contribution in [0.2, 0.25) is 0 Å². The Balaban J connectivity index is 1.75. The third-order valence-electron chi connectivity index (χ3n) is 3.71. The molecule has 2 aromatic heterocycles. The predicted octanol–water partition coefficient (Wildman–Crippen LogP) is 2.38. The van der Waals surface area contributed by atoms with Crippen molar-refractivity contribution in [3.63, 3.8) is 0 Å². The Labute approximate surface area is 125 Å². The quantitative estimate of drug-likeness (QED) is 0.850. The summed E-state index contributed by atoms with van der Waals surface area (Å²) in [5.41, 5.74) is 2.15. The van der Waals surface area contributed by atoms with Crippen LogP contribution in [0, 0.1) is 6.92 Å². The topological polar surface area (TPSA) is 56.9 Å². The zero-order chi connectivity index (χ0) is 14.8. The Morgan fingerprint density at radius 2 is 2.24 bits per heavy atom. The van der Waals surface area contributed by atoms with Crippen molar-refractivity contribution in [3.8, 4) is 11.6 Å². The van der Waals surface area contributed by atoms with Gasteiger partial charge in [-0.25, -0.2) is 4.68 Å². The lowest BCUT2D eigenvalue weighted by Gasteiger charge is -2.07. The van der Waals surface area contributed by atoms with Gasteiger partial charge in [0.2, 0.25) is 5.88 Å².